The van der Waals surface area contributed by atoms with Crippen molar-refractivity contribution >= 4 is 0 Å². The van der Waals surface area contributed by atoms with Crippen LogP contribution >= 0.6 is 0 Å². The fraction of sp³-hybridized carbons (Fsp3) is 0.176. The summed E-state index contributed by atoms with van der Waals surface area (Å²) in [7, 11) is 0. The quantitative estimate of drug-likeness (QED) is 0.806. The lowest BCUT2D eigenvalue weighted by atomic mass is 10.1. The highest BCUT2D eigenvalue weighted by atomic mass is 19.1. The minimum absolute atomic E-state index is 0.199. The van der Waals surface area contributed by atoms with Gasteiger partial charge in [-0.2, -0.15) is 0 Å². The molecule has 1 aliphatic heterocycles. The molecule has 100 valence electrons. The van der Waals surface area contributed by atoms with Crippen LogP contribution in [0.15, 0.2) is 42.5 Å². The topological polar surface area (TPSA) is 29.5 Å². The van der Waals surface area contributed by atoms with Gasteiger partial charge in [-0.25, -0.2) is 4.39 Å². The van der Waals surface area contributed by atoms with Crippen molar-refractivity contribution in [2.45, 2.75) is 12.5 Å². The molecule has 1 atom stereocenters. The van der Waals surface area contributed by atoms with Crippen LogP contribution in [0.1, 0.15) is 22.8 Å². The van der Waals surface area contributed by atoms with Crippen molar-refractivity contribution in [3.63, 3.8) is 0 Å². The summed E-state index contributed by atoms with van der Waals surface area (Å²) >= 11 is 0. The van der Waals surface area contributed by atoms with Crippen molar-refractivity contribution in [2.24, 2.45) is 0 Å². The number of fused-ring (bicyclic) bond motifs is 1. The zero-order valence-corrected chi connectivity index (χ0v) is 10.8. The van der Waals surface area contributed by atoms with Gasteiger partial charge >= 0.3 is 0 Å². The molecule has 0 amide bonds. The highest BCUT2D eigenvalue weighted by Gasteiger charge is 2.12. The highest BCUT2D eigenvalue weighted by Crippen LogP contribution is 2.25. The van der Waals surface area contributed by atoms with Crippen molar-refractivity contribution < 1.29 is 14.2 Å². The normalized spacial score (nSPS) is 13.9. The Labute approximate surface area is 116 Å². The fourth-order valence-corrected chi connectivity index (χ4v) is 2.19. The molecule has 1 N–H and O–H groups in total. The van der Waals surface area contributed by atoms with E-state index in [1.165, 1.54) is 12.1 Å². The standard InChI is InChI=1S/C17H13FO2/c18-15-4-2-1-3-14(15)16(19)7-5-12-6-8-17-13(11-12)9-10-20-17/h1-4,6,8,11,16,19H,9-10H2. The summed E-state index contributed by atoms with van der Waals surface area (Å²) in [6.45, 7) is 0.698. The number of rotatable bonds is 1. The predicted molar refractivity (Wildman–Crippen MR) is 73.9 cm³/mol. The summed E-state index contributed by atoms with van der Waals surface area (Å²) in [5.41, 5.74) is 2.12. The Kier molecular flexibility index (Phi) is 3.41. The number of aliphatic hydroxyl groups is 1. The third-order valence-electron chi connectivity index (χ3n) is 3.24. The number of hydrogen-bond acceptors (Lipinski definition) is 2. The molecule has 0 fully saturated rings. The molecule has 1 aliphatic rings. The molecule has 1 unspecified atom stereocenters. The van der Waals surface area contributed by atoms with Gasteiger partial charge in [-0.3, -0.25) is 0 Å². The molecule has 0 spiro atoms. The van der Waals surface area contributed by atoms with Crippen LogP contribution in [-0.4, -0.2) is 11.7 Å². The van der Waals surface area contributed by atoms with Gasteiger partial charge in [0.1, 0.15) is 17.7 Å². The summed E-state index contributed by atoms with van der Waals surface area (Å²) in [6.07, 6.45) is -0.249. The molecule has 20 heavy (non-hydrogen) atoms. The Bertz CT molecular complexity index is 698. The van der Waals surface area contributed by atoms with E-state index in [-0.39, 0.29) is 5.56 Å². The molecule has 3 rings (SSSR count). The van der Waals surface area contributed by atoms with E-state index in [0.717, 1.165) is 23.3 Å². The maximum atomic E-state index is 13.5. The van der Waals surface area contributed by atoms with E-state index >= 15 is 0 Å². The van der Waals surface area contributed by atoms with Gasteiger partial charge in [-0.15, -0.1) is 0 Å². The minimum atomic E-state index is -1.12. The van der Waals surface area contributed by atoms with E-state index in [2.05, 4.69) is 11.8 Å². The second-order valence-corrected chi connectivity index (χ2v) is 4.61. The number of aliphatic hydroxyl groups excluding tert-OH is 1. The van der Waals surface area contributed by atoms with Crippen LogP contribution in [0.3, 0.4) is 0 Å². The average Bonchev–Trinajstić information content (AvgIpc) is 2.92. The molecule has 2 nitrogen and oxygen atoms in total. The van der Waals surface area contributed by atoms with Crippen molar-refractivity contribution in [3.8, 4) is 17.6 Å². The van der Waals surface area contributed by atoms with E-state index in [1.807, 2.05) is 18.2 Å². The first-order chi connectivity index (χ1) is 9.74. The molecular formula is C17H13FO2. The van der Waals surface area contributed by atoms with Crippen molar-refractivity contribution in [1.29, 1.82) is 0 Å². The van der Waals surface area contributed by atoms with Gasteiger partial charge in [-0.1, -0.05) is 30.0 Å². The SMILES string of the molecule is OC(C#Cc1ccc2c(c1)CCO2)c1ccccc1F. The molecule has 0 radical (unpaired) electrons. The van der Waals surface area contributed by atoms with Gasteiger partial charge in [0, 0.05) is 17.5 Å². The number of halogens is 1. The molecule has 2 aromatic rings. The lowest BCUT2D eigenvalue weighted by Crippen LogP contribution is -1.97. The first kappa shape index (κ1) is 12.7. The number of hydrogen-bond donors (Lipinski definition) is 1. The third-order valence-corrected chi connectivity index (χ3v) is 3.24. The zero-order valence-electron chi connectivity index (χ0n) is 10.8. The number of ether oxygens (including phenoxy) is 1. The monoisotopic (exact) mass is 268 g/mol. The fourth-order valence-electron chi connectivity index (χ4n) is 2.19. The molecule has 1 heterocycles. The largest absolute Gasteiger partial charge is 0.493 e. The summed E-state index contributed by atoms with van der Waals surface area (Å²) in [5, 5.41) is 9.92. The van der Waals surface area contributed by atoms with Gasteiger partial charge in [0.2, 0.25) is 0 Å². The Morgan fingerprint density at radius 2 is 2.05 bits per heavy atom. The molecule has 0 bridgehead atoms. The first-order valence-corrected chi connectivity index (χ1v) is 6.44. The predicted octanol–water partition coefficient (Wildman–Crippen LogP) is 2.85. The van der Waals surface area contributed by atoms with Crippen LogP contribution in [0.4, 0.5) is 4.39 Å². The van der Waals surface area contributed by atoms with Crippen LogP contribution in [0.5, 0.6) is 5.75 Å². The van der Waals surface area contributed by atoms with Gasteiger partial charge in [-0.05, 0) is 29.8 Å². The average molecular weight is 268 g/mol. The minimum Gasteiger partial charge on any atom is -0.493 e. The van der Waals surface area contributed by atoms with Gasteiger partial charge in [0.15, 0.2) is 0 Å². The van der Waals surface area contributed by atoms with E-state index in [1.54, 1.807) is 12.1 Å². The Morgan fingerprint density at radius 1 is 1.20 bits per heavy atom. The maximum Gasteiger partial charge on any atom is 0.143 e. The summed E-state index contributed by atoms with van der Waals surface area (Å²) in [5.74, 6) is 6.00. The van der Waals surface area contributed by atoms with Gasteiger partial charge in [0.25, 0.3) is 0 Å². The van der Waals surface area contributed by atoms with Crippen molar-refractivity contribution in [2.75, 3.05) is 6.61 Å². The van der Waals surface area contributed by atoms with Crippen LogP contribution < -0.4 is 4.74 Å². The van der Waals surface area contributed by atoms with Crippen LogP contribution in [0, 0.1) is 17.7 Å². The molecule has 0 aliphatic carbocycles. The molecule has 0 aromatic heterocycles. The number of benzene rings is 2. The van der Waals surface area contributed by atoms with Crippen LogP contribution in [-0.2, 0) is 6.42 Å². The Morgan fingerprint density at radius 3 is 2.90 bits per heavy atom. The first-order valence-electron chi connectivity index (χ1n) is 6.44. The third kappa shape index (κ3) is 2.52. The van der Waals surface area contributed by atoms with E-state index in [9.17, 15) is 9.50 Å². The van der Waals surface area contributed by atoms with Gasteiger partial charge in [0.05, 0.1) is 6.61 Å². The lowest BCUT2D eigenvalue weighted by Gasteiger charge is -2.04. The van der Waals surface area contributed by atoms with Crippen LogP contribution in [0.25, 0.3) is 0 Å². The van der Waals surface area contributed by atoms with Crippen LogP contribution in [0.2, 0.25) is 0 Å². The molecule has 3 heteroatoms. The summed E-state index contributed by atoms with van der Waals surface area (Å²) in [4.78, 5) is 0. The summed E-state index contributed by atoms with van der Waals surface area (Å²) in [6, 6.07) is 11.8. The smallest absolute Gasteiger partial charge is 0.143 e. The molecule has 0 saturated carbocycles. The second-order valence-electron chi connectivity index (χ2n) is 4.61. The molecular weight excluding hydrogens is 255 g/mol. The molecule has 2 aromatic carbocycles. The van der Waals surface area contributed by atoms with E-state index in [4.69, 9.17) is 4.74 Å². The Hall–Kier alpha value is -2.31. The lowest BCUT2D eigenvalue weighted by molar-refractivity contribution is 0.233. The van der Waals surface area contributed by atoms with E-state index < -0.39 is 11.9 Å². The zero-order chi connectivity index (χ0) is 13.9. The van der Waals surface area contributed by atoms with Gasteiger partial charge < -0.3 is 9.84 Å². The summed E-state index contributed by atoms with van der Waals surface area (Å²) < 4.78 is 18.9. The van der Waals surface area contributed by atoms with E-state index in [0.29, 0.717) is 6.61 Å². The Balaban J connectivity index is 1.83. The highest BCUT2D eigenvalue weighted by molar-refractivity contribution is 5.46. The molecule has 0 saturated heterocycles. The van der Waals surface area contributed by atoms with Crippen molar-refractivity contribution in [3.05, 3.63) is 65.0 Å². The second kappa shape index (κ2) is 5.36. The van der Waals surface area contributed by atoms with Crippen molar-refractivity contribution in [1.82, 2.24) is 0 Å². The maximum absolute atomic E-state index is 13.5.